The smallest absolute Gasteiger partial charge is 0.289 e. The Morgan fingerprint density at radius 3 is 2.79 bits per heavy atom. The molecule has 0 atom stereocenters. The summed E-state index contributed by atoms with van der Waals surface area (Å²) in [5.74, 6) is -1.00. The van der Waals surface area contributed by atoms with E-state index in [1.165, 1.54) is 18.5 Å². The Hall–Kier alpha value is -2.89. The maximum atomic E-state index is 11.6. The van der Waals surface area contributed by atoms with Crippen LogP contribution >= 0.6 is 0 Å². The van der Waals surface area contributed by atoms with Gasteiger partial charge < -0.3 is 10.2 Å². The molecule has 1 aromatic carbocycles. The summed E-state index contributed by atoms with van der Waals surface area (Å²) in [5.41, 5.74) is 2.80. The van der Waals surface area contributed by atoms with Crippen LogP contribution in [0.1, 0.15) is 16.1 Å². The van der Waals surface area contributed by atoms with Gasteiger partial charge in [0.15, 0.2) is 11.5 Å². The van der Waals surface area contributed by atoms with Crippen molar-refractivity contribution in [2.24, 2.45) is 5.10 Å². The molecule has 1 amide bonds. The highest BCUT2D eigenvalue weighted by molar-refractivity contribution is 5.93. The highest BCUT2D eigenvalue weighted by atomic mass is 16.3. The molecular weight excluding hydrogens is 246 g/mol. The van der Waals surface area contributed by atoms with Crippen molar-refractivity contribution in [2.45, 2.75) is 0 Å². The van der Waals surface area contributed by atoms with Gasteiger partial charge in [0, 0.05) is 11.8 Å². The first-order valence-electron chi connectivity index (χ1n) is 5.44. The summed E-state index contributed by atoms with van der Waals surface area (Å²) in [5, 5.41) is 22.5. The van der Waals surface area contributed by atoms with E-state index in [-0.39, 0.29) is 17.2 Å². The van der Waals surface area contributed by atoms with Crippen molar-refractivity contribution in [1.29, 1.82) is 0 Å². The van der Waals surface area contributed by atoms with Crippen molar-refractivity contribution < 1.29 is 15.0 Å². The molecule has 19 heavy (non-hydrogen) atoms. The third-order valence-electron chi connectivity index (χ3n) is 2.31. The molecule has 0 fully saturated rings. The fourth-order valence-electron chi connectivity index (χ4n) is 1.37. The molecule has 0 saturated heterocycles. The van der Waals surface area contributed by atoms with E-state index in [9.17, 15) is 15.0 Å². The molecule has 3 N–H and O–H groups in total. The van der Waals surface area contributed by atoms with Gasteiger partial charge in [-0.25, -0.2) is 5.43 Å². The van der Waals surface area contributed by atoms with Crippen LogP contribution in [0.5, 0.6) is 11.5 Å². The third kappa shape index (κ3) is 3.06. The van der Waals surface area contributed by atoms with E-state index in [0.717, 1.165) is 0 Å². The Morgan fingerprint density at radius 2 is 2.05 bits per heavy atom. The molecule has 6 heteroatoms. The van der Waals surface area contributed by atoms with E-state index in [2.05, 4.69) is 15.5 Å². The number of hydrogen-bond acceptors (Lipinski definition) is 5. The molecular formula is C13H11N3O3. The maximum Gasteiger partial charge on any atom is 0.289 e. The Bertz CT molecular complexity index is 612. The zero-order chi connectivity index (χ0) is 13.7. The van der Waals surface area contributed by atoms with Crippen molar-refractivity contribution in [2.75, 3.05) is 0 Å². The zero-order valence-electron chi connectivity index (χ0n) is 9.82. The molecule has 1 heterocycles. The molecule has 2 rings (SSSR count). The van der Waals surface area contributed by atoms with E-state index >= 15 is 0 Å². The van der Waals surface area contributed by atoms with Crippen LogP contribution < -0.4 is 5.43 Å². The first kappa shape index (κ1) is 12.6. The van der Waals surface area contributed by atoms with Gasteiger partial charge in [-0.15, -0.1) is 0 Å². The Morgan fingerprint density at radius 1 is 1.21 bits per heavy atom. The van der Waals surface area contributed by atoms with Gasteiger partial charge in [-0.3, -0.25) is 9.78 Å². The number of aromatic hydroxyl groups is 2. The Labute approximate surface area is 109 Å². The molecule has 0 saturated carbocycles. The number of phenols is 2. The number of phenolic OH excluding ortho intramolecular Hbond substituents is 2. The largest absolute Gasteiger partial charge is 0.504 e. The number of nitrogens with one attached hydrogen (secondary N) is 1. The van der Waals surface area contributed by atoms with Crippen molar-refractivity contribution >= 4 is 12.1 Å². The molecule has 0 radical (unpaired) electrons. The summed E-state index contributed by atoms with van der Waals surface area (Å²) >= 11 is 0. The first-order chi connectivity index (χ1) is 9.18. The van der Waals surface area contributed by atoms with E-state index in [1.807, 2.05) is 0 Å². The van der Waals surface area contributed by atoms with Crippen LogP contribution in [0.2, 0.25) is 0 Å². The van der Waals surface area contributed by atoms with Crippen LogP contribution in [0.3, 0.4) is 0 Å². The lowest BCUT2D eigenvalue weighted by Crippen LogP contribution is -2.18. The van der Waals surface area contributed by atoms with Crippen LogP contribution in [0.15, 0.2) is 47.7 Å². The number of benzene rings is 1. The fraction of sp³-hybridized carbons (Fsp3) is 0. The molecule has 0 unspecified atom stereocenters. The molecule has 2 aromatic rings. The van der Waals surface area contributed by atoms with Crippen molar-refractivity contribution in [3.05, 3.63) is 53.9 Å². The summed E-state index contributed by atoms with van der Waals surface area (Å²) in [7, 11) is 0. The number of hydrogen-bond donors (Lipinski definition) is 3. The van der Waals surface area contributed by atoms with Crippen LogP contribution in [-0.2, 0) is 0 Å². The fourth-order valence-corrected chi connectivity index (χ4v) is 1.37. The van der Waals surface area contributed by atoms with E-state index in [1.54, 1.807) is 30.3 Å². The van der Waals surface area contributed by atoms with Gasteiger partial charge in [-0.1, -0.05) is 12.1 Å². The highest BCUT2D eigenvalue weighted by Gasteiger charge is 2.05. The minimum atomic E-state index is -0.462. The van der Waals surface area contributed by atoms with Gasteiger partial charge >= 0.3 is 0 Å². The second-order valence-electron chi connectivity index (χ2n) is 3.63. The summed E-state index contributed by atoms with van der Waals surface area (Å²) in [4.78, 5) is 15.4. The maximum absolute atomic E-state index is 11.6. The van der Waals surface area contributed by atoms with Crippen LogP contribution in [0.4, 0.5) is 0 Å². The van der Waals surface area contributed by atoms with Gasteiger partial charge in [0.1, 0.15) is 5.69 Å². The van der Waals surface area contributed by atoms with Gasteiger partial charge in [0.25, 0.3) is 5.91 Å². The number of para-hydroxylation sites is 1. The van der Waals surface area contributed by atoms with E-state index < -0.39 is 5.91 Å². The average molecular weight is 257 g/mol. The molecule has 6 nitrogen and oxygen atoms in total. The summed E-state index contributed by atoms with van der Waals surface area (Å²) in [6.45, 7) is 0. The number of hydrazone groups is 1. The van der Waals surface area contributed by atoms with Crippen molar-refractivity contribution in [3.8, 4) is 11.5 Å². The zero-order valence-corrected chi connectivity index (χ0v) is 9.82. The standard InChI is InChI=1S/C13H11N3O3/c17-11-6-3-4-9(12(11)18)8-15-16-13(19)10-5-1-2-7-14-10/h1-8,17-18H,(H,16,19). The number of carbonyl (C=O) groups excluding carboxylic acids is 1. The van der Waals surface area contributed by atoms with Gasteiger partial charge in [-0.2, -0.15) is 5.10 Å². The third-order valence-corrected chi connectivity index (χ3v) is 2.31. The predicted molar refractivity (Wildman–Crippen MR) is 69.1 cm³/mol. The van der Waals surface area contributed by atoms with Crippen molar-refractivity contribution in [1.82, 2.24) is 10.4 Å². The van der Waals surface area contributed by atoms with Crippen LogP contribution in [0.25, 0.3) is 0 Å². The molecule has 0 spiro atoms. The van der Waals surface area contributed by atoms with Gasteiger partial charge in [-0.05, 0) is 24.3 Å². The number of pyridine rings is 1. The van der Waals surface area contributed by atoms with Crippen molar-refractivity contribution in [3.63, 3.8) is 0 Å². The number of rotatable bonds is 3. The van der Waals surface area contributed by atoms with E-state index in [4.69, 9.17) is 0 Å². The SMILES string of the molecule is O=C(NN=Cc1cccc(O)c1O)c1ccccn1. The number of carbonyl (C=O) groups is 1. The van der Waals surface area contributed by atoms with Gasteiger partial charge in [0.05, 0.1) is 6.21 Å². The topological polar surface area (TPSA) is 94.8 Å². The molecule has 0 aliphatic carbocycles. The average Bonchev–Trinajstić information content (AvgIpc) is 2.44. The first-order valence-corrected chi connectivity index (χ1v) is 5.44. The molecule has 1 aromatic heterocycles. The lowest BCUT2D eigenvalue weighted by Gasteiger charge is -2.01. The van der Waals surface area contributed by atoms with Crippen LogP contribution in [-0.4, -0.2) is 27.3 Å². The molecule has 0 aliphatic heterocycles. The van der Waals surface area contributed by atoms with Crippen LogP contribution in [0, 0.1) is 0 Å². The highest BCUT2D eigenvalue weighted by Crippen LogP contribution is 2.26. The molecule has 96 valence electrons. The van der Waals surface area contributed by atoms with E-state index in [0.29, 0.717) is 5.56 Å². The Kier molecular flexibility index (Phi) is 3.72. The predicted octanol–water partition coefficient (Wildman–Crippen LogP) is 1.26. The second-order valence-corrected chi connectivity index (χ2v) is 3.63. The lowest BCUT2D eigenvalue weighted by molar-refractivity contribution is 0.0950. The van der Waals surface area contributed by atoms with Gasteiger partial charge in [0.2, 0.25) is 0 Å². The Balaban J connectivity index is 2.05. The number of aromatic nitrogens is 1. The minimum Gasteiger partial charge on any atom is -0.504 e. The summed E-state index contributed by atoms with van der Waals surface area (Å²) in [6, 6.07) is 9.38. The number of nitrogens with zero attached hydrogens (tertiary/aromatic N) is 2. The minimum absolute atomic E-state index is 0.236. The second kappa shape index (κ2) is 5.63. The lowest BCUT2D eigenvalue weighted by atomic mass is 10.2. The summed E-state index contributed by atoms with van der Waals surface area (Å²) < 4.78 is 0. The summed E-state index contributed by atoms with van der Waals surface area (Å²) in [6.07, 6.45) is 2.73. The molecule has 0 bridgehead atoms. The normalized spacial score (nSPS) is 10.5. The monoisotopic (exact) mass is 257 g/mol. The molecule has 0 aliphatic rings. The quantitative estimate of drug-likeness (QED) is 0.438. The number of amides is 1.